The highest BCUT2D eigenvalue weighted by Gasteiger charge is 2.29. The van der Waals surface area contributed by atoms with E-state index in [0.29, 0.717) is 17.6 Å². The van der Waals surface area contributed by atoms with E-state index in [0.717, 1.165) is 13.1 Å². The van der Waals surface area contributed by atoms with Crippen molar-refractivity contribution in [2.24, 2.45) is 11.8 Å². The van der Waals surface area contributed by atoms with Crippen molar-refractivity contribution in [3.63, 3.8) is 0 Å². The van der Waals surface area contributed by atoms with Gasteiger partial charge < -0.3 is 10.0 Å². The molecule has 0 aromatic carbocycles. The summed E-state index contributed by atoms with van der Waals surface area (Å²) in [5, 5.41) is 9.61. The standard InChI is InChI=1S/C10H15NO/c1-11-6-5-8-3-2-4-10(12)9(8)7-11/h2-4,8-9,12H,5-7H2,1H3. The van der Waals surface area contributed by atoms with Crippen LogP contribution in [0.2, 0.25) is 0 Å². The summed E-state index contributed by atoms with van der Waals surface area (Å²) in [6.45, 7) is 2.15. The second-order valence-electron chi connectivity index (χ2n) is 3.80. The molecule has 0 aromatic heterocycles. The van der Waals surface area contributed by atoms with Gasteiger partial charge in [-0.15, -0.1) is 0 Å². The Bertz CT molecular complexity index is 232. The molecular weight excluding hydrogens is 150 g/mol. The molecule has 0 amide bonds. The third-order valence-corrected chi connectivity index (χ3v) is 2.87. The van der Waals surface area contributed by atoms with Gasteiger partial charge in [-0.3, -0.25) is 0 Å². The minimum absolute atomic E-state index is 0.355. The van der Waals surface area contributed by atoms with Gasteiger partial charge in [-0.2, -0.15) is 0 Å². The number of aliphatic hydroxyl groups excluding tert-OH is 1. The first-order valence-electron chi connectivity index (χ1n) is 4.53. The maximum absolute atomic E-state index is 9.61. The molecular formula is C10H15NO. The van der Waals surface area contributed by atoms with Crippen molar-refractivity contribution in [2.75, 3.05) is 20.1 Å². The van der Waals surface area contributed by atoms with Crippen molar-refractivity contribution in [1.82, 2.24) is 4.90 Å². The van der Waals surface area contributed by atoms with E-state index in [-0.39, 0.29) is 0 Å². The lowest BCUT2D eigenvalue weighted by molar-refractivity contribution is 0.151. The summed E-state index contributed by atoms with van der Waals surface area (Å²) in [5.41, 5.74) is 0. The minimum Gasteiger partial charge on any atom is -0.512 e. The van der Waals surface area contributed by atoms with Crippen LogP contribution in [0.4, 0.5) is 0 Å². The van der Waals surface area contributed by atoms with Crippen molar-refractivity contribution in [3.05, 3.63) is 24.0 Å². The zero-order valence-corrected chi connectivity index (χ0v) is 7.40. The lowest BCUT2D eigenvalue weighted by Gasteiger charge is -2.36. The van der Waals surface area contributed by atoms with E-state index in [1.807, 2.05) is 12.2 Å². The van der Waals surface area contributed by atoms with Gasteiger partial charge in [0.25, 0.3) is 0 Å². The molecule has 1 aliphatic heterocycles. The van der Waals surface area contributed by atoms with Gasteiger partial charge in [-0.25, -0.2) is 0 Å². The van der Waals surface area contributed by atoms with Crippen LogP contribution in [-0.2, 0) is 0 Å². The molecule has 0 bridgehead atoms. The molecule has 2 aliphatic rings. The summed E-state index contributed by atoms with van der Waals surface area (Å²) in [4.78, 5) is 2.28. The second kappa shape index (κ2) is 2.94. The normalized spacial score (nSPS) is 35.9. The van der Waals surface area contributed by atoms with Gasteiger partial charge in [-0.1, -0.05) is 12.2 Å². The Balaban J connectivity index is 2.14. The quantitative estimate of drug-likeness (QED) is 0.589. The fraction of sp³-hybridized carbons (Fsp3) is 0.600. The van der Waals surface area contributed by atoms with Gasteiger partial charge in [0, 0.05) is 12.5 Å². The molecule has 0 radical (unpaired) electrons. The van der Waals surface area contributed by atoms with Gasteiger partial charge in [0.05, 0.1) is 5.76 Å². The topological polar surface area (TPSA) is 23.5 Å². The van der Waals surface area contributed by atoms with Gasteiger partial charge in [0.15, 0.2) is 0 Å². The van der Waals surface area contributed by atoms with Crippen LogP contribution < -0.4 is 0 Å². The lowest BCUT2D eigenvalue weighted by atomic mass is 9.81. The van der Waals surface area contributed by atoms with Crippen LogP contribution in [0.25, 0.3) is 0 Å². The van der Waals surface area contributed by atoms with Crippen LogP contribution in [-0.4, -0.2) is 30.1 Å². The SMILES string of the molecule is CN1CCC2C=CC=C(O)C2C1. The third-order valence-electron chi connectivity index (χ3n) is 2.87. The Morgan fingerprint density at radius 3 is 3.25 bits per heavy atom. The van der Waals surface area contributed by atoms with Crippen LogP contribution in [0, 0.1) is 11.8 Å². The highest BCUT2D eigenvalue weighted by atomic mass is 16.3. The number of hydrogen-bond acceptors (Lipinski definition) is 2. The summed E-state index contributed by atoms with van der Waals surface area (Å²) in [7, 11) is 2.11. The molecule has 1 fully saturated rings. The number of hydrogen-bond donors (Lipinski definition) is 1. The monoisotopic (exact) mass is 165 g/mol. The van der Waals surface area contributed by atoms with Gasteiger partial charge in [-0.05, 0) is 32.0 Å². The van der Waals surface area contributed by atoms with Crippen molar-refractivity contribution in [2.45, 2.75) is 6.42 Å². The summed E-state index contributed by atoms with van der Waals surface area (Å²) >= 11 is 0. The fourth-order valence-electron chi connectivity index (χ4n) is 2.10. The molecule has 2 atom stereocenters. The fourth-order valence-corrected chi connectivity index (χ4v) is 2.10. The van der Waals surface area contributed by atoms with Crippen LogP contribution in [0.15, 0.2) is 24.0 Å². The largest absolute Gasteiger partial charge is 0.512 e. The highest BCUT2D eigenvalue weighted by molar-refractivity contribution is 5.19. The number of aliphatic hydroxyl groups is 1. The molecule has 2 nitrogen and oxygen atoms in total. The molecule has 66 valence electrons. The Hall–Kier alpha value is -0.760. The Kier molecular flexibility index (Phi) is 1.93. The number of fused-ring (bicyclic) bond motifs is 1. The van der Waals surface area contributed by atoms with Crippen LogP contribution >= 0.6 is 0 Å². The van der Waals surface area contributed by atoms with Crippen molar-refractivity contribution < 1.29 is 5.11 Å². The summed E-state index contributed by atoms with van der Waals surface area (Å²) in [6.07, 6.45) is 7.19. The second-order valence-corrected chi connectivity index (χ2v) is 3.80. The van der Waals surface area contributed by atoms with Crippen LogP contribution in [0.5, 0.6) is 0 Å². The van der Waals surface area contributed by atoms with Gasteiger partial charge in [0.2, 0.25) is 0 Å². The average Bonchev–Trinajstić information content (AvgIpc) is 2.07. The molecule has 1 aliphatic carbocycles. The molecule has 1 N–H and O–H groups in total. The van der Waals surface area contributed by atoms with Crippen LogP contribution in [0.3, 0.4) is 0 Å². The molecule has 2 unspecified atom stereocenters. The average molecular weight is 165 g/mol. The molecule has 1 heterocycles. The Morgan fingerprint density at radius 2 is 2.42 bits per heavy atom. The smallest absolute Gasteiger partial charge is 0.0972 e. The Morgan fingerprint density at radius 1 is 1.58 bits per heavy atom. The van der Waals surface area contributed by atoms with Gasteiger partial charge >= 0.3 is 0 Å². The van der Waals surface area contributed by atoms with E-state index in [1.54, 1.807) is 0 Å². The van der Waals surface area contributed by atoms with Crippen molar-refractivity contribution in [3.8, 4) is 0 Å². The lowest BCUT2D eigenvalue weighted by Crippen LogP contribution is -2.38. The first kappa shape index (κ1) is 7.87. The molecule has 0 spiro atoms. The van der Waals surface area contributed by atoms with E-state index in [1.165, 1.54) is 6.42 Å². The molecule has 2 heteroatoms. The van der Waals surface area contributed by atoms with Crippen LogP contribution in [0.1, 0.15) is 6.42 Å². The third kappa shape index (κ3) is 1.27. The number of nitrogens with zero attached hydrogens (tertiary/aromatic N) is 1. The van der Waals surface area contributed by atoms with E-state index in [4.69, 9.17) is 0 Å². The van der Waals surface area contributed by atoms with E-state index >= 15 is 0 Å². The number of likely N-dealkylation sites (tertiary alicyclic amines) is 1. The first-order valence-corrected chi connectivity index (χ1v) is 4.53. The van der Waals surface area contributed by atoms with Crippen molar-refractivity contribution in [1.29, 1.82) is 0 Å². The maximum Gasteiger partial charge on any atom is 0.0972 e. The van der Waals surface area contributed by atoms with E-state index in [2.05, 4.69) is 18.0 Å². The zero-order valence-electron chi connectivity index (χ0n) is 7.40. The molecule has 0 saturated carbocycles. The molecule has 1 saturated heterocycles. The first-order chi connectivity index (χ1) is 5.77. The van der Waals surface area contributed by atoms with E-state index < -0.39 is 0 Å². The van der Waals surface area contributed by atoms with Gasteiger partial charge in [0.1, 0.15) is 0 Å². The minimum atomic E-state index is 0.355. The maximum atomic E-state index is 9.61. The molecule has 12 heavy (non-hydrogen) atoms. The summed E-state index contributed by atoms with van der Waals surface area (Å²) in [6, 6.07) is 0. The number of piperidine rings is 1. The zero-order chi connectivity index (χ0) is 8.55. The number of rotatable bonds is 0. The Labute approximate surface area is 73.2 Å². The summed E-state index contributed by atoms with van der Waals surface area (Å²) in [5.74, 6) is 1.49. The van der Waals surface area contributed by atoms with E-state index in [9.17, 15) is 5.11 Å². The highest BCUT2D eigenvalue weighted by Crippen LogP contribution is 2.31. The summed E-state index contributed by atoms with van der Waals surface area (Å²) < 4.78 is 0. The number of allylic oxidation sites excluding steroid dienone is 3. The molecule has 2 rings (SSSR count). The predicted molar refractivity (Wildman–Crippen MR) is 48.9 cm³/mol. The van der Waals surface area contributed by atoms with Crippen molar-refractivity contribution >= 4 is 0 Å². The predicted octanol–water partition coefficient (Wildman–Crippen LogP) is 1.57. The molecule has 0 aromatic rings.